The topological polar surface area (TPSA) is 112 Å². The van der Waals surface area contributed by atoms with Gasteiger partial charge < -0.3 is 15.1 Å². The van der Waals surface area contributed by atoms with E-state index in [9.17, 15) is 23.1 Å². The molecule has 2 aliphatic heterocycles. The van der Waals surface area contributed by atoms with Gasteiger partial charge >= 0.3 is 5.97 Å². The predicted octanol–water partition coefficient (Wildman–Crippen LogP) is -1.06. The molecule has 1 amide bonds. The van der Waals surface area contributed by atoms with E-state index in [1.807, 2.05) is 0 Å². The van der Waals surface area contributed by atoms with Crippen LogP contribution < -0.4 is 0 Å². The Morgan fingerprint density at radius 1 is 1.50 bits per heavy atom. The lowest BCUT2D eigenvalue weighted by molar-refractivity contribution is -0.161. The van der Waals surface area contributed by atoms with E-state index in [1.165, 1.54) is 13.8 Å². The maximum Gasteiger partial charge on any atom is 0.328 e. The number of carbonyl (C=O) groups excluding carboxylic acids is 1. The fraction of sp³-hybridized carbons (Fsp3) is 0.778. The molecule has 0 aromatic rings. The van der Waals surface area contributed by atoms with E-state index >= 15 is 0 Å². The molecule has 0 bridgehead atoms. The van der Waals surface area contributed by atoms with Crippen LogP contribution in [0.2, 0.25) is 0 Å². The van der Waals surface area contributed by atoms with Crippen LogP contribution >= 0.6 is 15.9 Å². The van der Waals surface area contributed by atoms with E-state index in [0.29, 0.717) is 0 Å². The van der Waals surface area contributed by atoms with E-state index in [1.54, 1.807) is 0 Å². The van der Waals surface area contributed by atoms with Crippen LogP contribution in [0.1, 0.15) is 13.8 Å². The zero-order valence-electron chi connectivity index (χ0n) is 9.62. The maximum atomic E-state index is 12.3. The summed E-state index contributed by atoms with van der Waals surface area (Å²) in [4.78, 5) is 23.9. The smallest absolute Gasteiger partial charge is 0.328 e. The van der Waals surface area contributed by atoms with Crippen LogP contribution in [0.4, 0.5) is 0 Å². The molecule has 2 heterocycles. The fourth-order valence-corrected chi connectivity index (χ4v) is 6.02. The molecular formula is C9H12BrNO6S. The third kappa shape index (κ3) is 1.19. The van der Waals surface area contributed by atoms with Crippen LogP contribution in [0.15, 0.2) is 0 Å². The van der Waals surface area contributed by atoms with Crippen molar-refractivity contribution >= 4 is 37.6 Å². The SMILES string of the molecule is CC1(C)[C@H](C(=O)O)N2C(=O)C(Br)(CO)[C@H]2S1(=O)=O. The molecule has 102 valence electrons. The summed E-state index contributed by atoms with van der Waals surface area (Å²) >= 11 is 2.93. The lowest BCUT2D eigenvalue weighted by Gasteiger charge is -2.47. The highest BCUT2D eigenvalue weighted by Crippen LogP contribution is 2.53. The Kier molecular flexibility index (Phi) is 2.64. The second kappa shape index (κ2) is 3.45. The van der Waals surface area contributed by atoms with Gasteiger partial charge in [0.05, 0.1) is 6.61 Å². The first-order chi connectivity index (χ1) is 8.03. The average Bonchev–Trinajstić information content (AvgIpc) is 2.40. The molecule has 0 aromatic heterocycles. The highest BCUT2D eigenvalue weighted by atomic mass is 79.9. The molecule has 2 N–H and O–H groups in total. The molecule has 2 rings (SSSR count). The number of alkyl halides is 1. The minimum absolute atomic E-state index is 0.700. The third-order valence-electron chi connectivity index (χ3n) is 3.66. The summed E-state index contributed by atoms with van der Waals surface area (Å²) < 4.78 is 21.4. The summed E-state index contributed by atoms with van der Waals surface area (Å²) in [6, 6.07) is -1.43. The van der Waals surface area contributed by atoms with Gasteiger partial charge in [-0.15, -0.1) is 0 Å². The average molecular weight is 342 g/mol. The van der Waals surface area contributed by atoms with Crippen molar-refractivity contribution in [3.63, 3.8) is 0 Å². The number of halogens is 1. The molecule has 0 spiro atoms. The number of hydrogen-bond acceptors (Lipinski definition) is 5. The molecule has 7 nitrogen and oxygen atoms in total. The number of aliphatic carboxylic acids is 1. The van der Waals surface area contributed by atoms with Crippen molar-refractivity contribution in [2.75, 3.05) is 6.61 Å². The zero-order valence-corrected chi connectivity index (χ0v) is 12.0. The van der Waals surface area contributed by atoms with Gasteiger partial charge in [0.1, 0.15) is 10.8 Å². The van der Waals surface area contributed by atoms with Gasteiger partial charge in [-0.3, -0.25) is 4.79 Å². The standard InChI is InChI=1S/C9H12BrNO6S/c1-8(2)4(5(13)14)11-6(15)9(10,3-12)7(11)18(8,16)17/h4,7,12H,3H2,1-2H3,(H,13,14)/t4-,7+,9?/m0/s1. The van der Waals surface area contributed by atoms with Crippen molar-refractivity contribution in [2.45, 2.75) is 34.3 Å². The van der Waals surface area contributed by atoms with E-state index < -0.39 is 48.8 Å². The Hall–Kier alpha value is -0.670. The summed E-state index contributed by atoms with van der Waals surface area (Å²) in [6.07, 6.45) is 0. The van der Waals surface area contributed by atoms with Gasteiger partial charge in [-0.1, -0.05) is 15.9 Å². The lowest BCUT2D eigenvalue weighted by atomic mass is 9.92. The second-order valence-electron chi connectivity index (χ2n) is 4.97. The number of carboxylic acid groups (broad SMARTS) is 1. The summed E-state index contributed by atoms with van der Waals surface area (Å²) in [5.74, 6) is -2.08. The molecule has 9 heteroatoms. The Labute approximate surface area is 112 Å². The fourth-order valence-electron chi connectivity index (χ4n) is 2.57. The van der Waals surface area contributed by atoms with E-state index in [0.717, 1.165) is 4.90 Å². The number of fused-ring (bicyclic) bond motifs is 1. The molecule has 0 aromatic carbocycles. The molecule has 0 aliphatic carbocycles. The van der Waals surface area contributed by atoms with Crippen LogP contribution in [-0.4, -0.2) is 62.5 Å². The van der Waals surface area contributed by atoms with Gasteiger partial charge in [-0.05, 0) is 13.8 Å². The first-order valence-corrected chi connectivity index (χ1v) is 7.46. The molecule has 2 saturated heterocycles. The van der Waals surface area contributed by atoms with E-state index in [2.05, 4.69) is 15.9 Å². The highest BCUT2D eigenvalue weighted by molar-refractivity contribution is 9.10. The number of amides is 1. The predicted molar refractivity (Wildman–Crippen MR) is 63.8 cm³/mol. The van der Waals surface area contributed by atoms with Crippen molar-refractivity contribution in [3.05, 3.63) is 0 Å². The van der Waals surface area contributed by atoms with Crippen molar-refractivity contribution < 1.29 is 28.2 Å². The first-order valence-electron chi connectivity index (χ1n) is 5.12. The largest absolute Gasteiger partial charge is 0.480 e. The minimum Gasteiger partial charge on any atom is -0.480 e. The summed E-state index contributed by atoms with van der Waals surface area (Å²) in [5.41, 5.74) is 0. The van der Waals surface area contributed by atoms with Gasteiger partial charge in [0.2, 0.25) is 5.91 Å². The number of sulfone groups is 1. The second-order valence-corrected chi connectivity index (χ2v) is 8.98. The highest BCUT2D eigenvalue weighted by Gasteiger charge is 2.77. The molecule has 1 unspecified atom stereocenters. The first kappa shape index (κ1) is 13.8. The van der Waals surface area contributed by atoms with Gasteiger partial charge in [0.15, 0.2) is 19.5 Å². The van der Waals surface area contributed by atoms with Crippen molar-refractivity contribution in [2.24, 2.45) is 0 Å². The molecular weight excluding hydrogens is 330 g/mol. The lowest BCUT2D eigenvalue weighted by Crippen LogP contribution is -2.73. The van der Waals surface area contributed by atoms with Crippen LogP contribution in [0, 0.1) is 0 Å². The Morgan fingerprint density at radius 2 is 2.00 bits per heavy atom. The number of rotatable bonds is 2. The van der Waals surface area contributed by atoms with Gasteiger partial charge in [-0.25, -0.2) is 13.2 Å². The van der Waals surface area contributed by atoms with Gasteiger partial charge in [0, 0.05) is 0 Å². The molecule has 0 saturated carbocycles. The van der Waals surface area contributed by atoms with Crippen molar-refractivity contribution in [1.29, 1.82) is 0 Å². The zero-order chi connectivity index (χ0) is 14.1. The van der Waals surface area contributed by atoms with Crippen LogP contribution in [0.3, 0.4) is 0 Å². The number of nitrogens with zero attached hydrogens (tertiary/aromatic N) is 1. The molecule has 0 radical (unpaired) electrons. The Morgan fingerprint density at radius 3 is 2.39 bits per heavy atom. The maximum absolute atomic E-state index is 12.3. The van der Waals surface area contributed by atoms with Crippen molar-refractivity contribution in [1.82, 2.24) is 4.90 Å². The van der Waals surface area contributed by atoms with Crippen LogP contribution in [0.25, 0.3) is 0 Å². The van der Waals surface area contributed by atoms with Gasteiger partial charge in [0.25, 0.3) is 0 Å². The molecule has 2 aliphatic rings. The number of carbonyl (C=O) groups is 2. The number of aliphatic hydroxyl groups excluding tert-OH is 1. The summed E-state index contributed by atoms with van der Waals surface area (Å²) in [6.45, 7) is 1.85. The Bertz CT molecular complexity index is 543. The van der Waals surface area contributed by atoms with E-state index in [4.69, 9.17) is 5.11 Å². The number of carboxylic acids is 1. The number of aliphatic hydroxyl groups is 1. The van der Waals surface area contributed by atoms with Gasteiger partial charge in [-0.2, -0.15) is 0 Å². The number of hydrogen-bond donors (Lipinski definition) is 2. The minimum atomic E-state index is -3.90. The monoisotopic (exact) mass is 341 g/mol. The quantitative estimate of drug-likeness (QED) is 0.489. The van der Waals surface area contributed by atoms with Crippen LogP contribution in [0.5, 0.6) is 0 Å². The summed E-state index contributed by atoms with van der Waals surface area (Å²) in [7, 11) is -3.90. The van der Waals surface area contributed by atoms with Crippen LogP contribution in [-0.2, 0) is 19.4 Å². The van der Waals surface area contributed by atoms with E-state index in [-0.39, 0.29) is 0 Å². The Balaban J connectivity index is 2.63. The third-order valence-corrected chi connectivity index (χ3v) is 7.90. The molecule has 18 heavy (non-hydrogen) atoms. The number of β-lactam (4-membered cyclic amide) rings is 1. The van der Waals surface area contributed by atoms with Crippen molar-refractivity contribution in [3.8, 4) is 0 Å². The molecule has 3 atom stereocenters. The molecule has 2 fully saturated rings. The normalized spacial score (nSPS) is 40.2. The summed E-state index contributed by atoms with van der Waals surface area (Å²) in [5, 5.41) is 17.0.